The molecule has 0 saturated carbocycles. The highest BCUT2D eigenvalue weighted by Gasteiger charge is 2.12. The van der Waals surface area contributed by atoms with E-state index in [1.807, 2.05) is 31.2 Å². The number of benzene rings is 2. The molecule has 0 unspecified atom stereocenters. The summed E-state index contributed by atoms with van der Waals surface area (Å²) < 4.78 is 12.8. The van der Waals surface area contributed by atoms with E-state index in [9.17, 15) is 14.0 Å². The Hall–Kier alpha value is -2.69. The number of carbonyl (C=O) groups excluding carboxylic acids is 2. The summed E-state index contributed by atoms with van der Waals surface area (Å²) in [7, 11) is 0. The highest BCUT2D eigenvalue weighted by atomic mass is 19.1. The molecular weight excluding hydrogens is 307 g/mol. The standard InChI is InChI=1S/C19H21FN2O2/c1-14-4-3-5-16(12-14)13-22(15(2)23)11-10-19(24)21-18-8-6-17(20)7-9-18/h3-9,12H,10-11,13H2,1-2H3,(H,21,24). The van der Waals surface area contributed by atoms with E-state index in [4.69, 9.17) is 0 Å². The minimum atomic E-state index is -0.353. The van der Waals surface area contributed by atoms with E-state index in [1.54, 1.807) is 4.90 Å². The Morgan fingerprint density at radius 3 is 2.46 bits per heavy atom. The van der Waals surface area contributed by atoms with Gasteiger partial charge in [0.05, 0.1) is 0 Å². The van der Waals surface area contributed by atoms with Crippen molar-refractivity contribution in [3.8, 4) is 0 Å². The molecule has 126 valence electrons. The second-order valence-corrected chi connectivity index (χ2v) is 5.73. The van der Waals surface area contributed by atoms with E-state index < -0.39 is 0 Å². The van der Waals surface area contributed by atoms with Gasteiger partial charge in [0.2, 0.25) is 11.8 Å². The van der Waals surface area contributed by atoms with E-state index >= 15 is 0 Å². The molecule has 5 heteroatoms. The molecule has 0 bridgehead atoms. The van der Waals surface area contributed by atoms with Crippen LogP contribution in [0.25, 0.3) is 0 Å². The summed E-state index contributed by atoms with van der Waals surface area (Å²) in [5, 5.41) is 2.69. The zero-order chi connectivity index (χ0) is 17.5. The molecule has 0 spiro atoms. The van der Waals surface area contributed by atoms with Crippen molar-refractivity contribution >= 4 is 17.5 Å². The van der Waals surface area contributed by atoms with E-state index in [0.717, 1.165) is 11.1 Å². The van der Waals surface area contributed by atoms with Crippen molar-refractivity contribution in [1.29, 1.82) is 0 Å². The molecule has 2 aromatic carbocycles. The Labute approximate surface area is 141 Å². The molecule has 2 aromatic rings. The third-order valence-corrected chi connectivity index (χ3v) is 3.64. The fourth-order valence-corrected chi connectivity index (χ4v) is 2.37. The molecule has 0 radical (unpaired) electrons. The smallest absolute Gasteiger partial charge is 0.226 e. The summed E-state index contributed by atoms with van der Waals surface area (Å²) in [5.74, 6) is -0.642. The molecule has 1 N–H and O–H groups in total. The number of nitrogens with zero attached hydrogens (tertiary/aromatic N) is 1. The third kappa shape index (κ3) is 5.50. The lowest BCUT2D eigenvalue weighted by Gasteiger charge is -2.21. The molecule has 0 aliphatic rings. The number of aryl methyl sites for hydroxylation is 1. The van der Waals surface area contributed by atoms with Gasteiger partial charge in [-0.1, -0.05) is 29.8 Å². The fourth-order valence-electron chi connectivity index (χ4n) is 2.37. The average Bonchev–Trinajstić information content (AvgIpc) is 2.53. The summed E-state index contributed by atoms with van der Waals surface area (Å²) in [6, 6.07) is 13.5. The number of amides is 2. The van der Waals surface area contributed by atoms with Gasteiger partial charge in [-0.25, -0.2) is 4.39 Å². The van der Waals surface area contributed by atoms with Crippen LogP contribution in [0.3, 0.4) is 0 Å². The van der Waals surface area contributed by atoms with Crippen LogP contribution in [0, 0.1) is 12.7 Å². The van der Waals surface area contributed by atoms with E-state index in [0.29, 0.717) is 18.8 Å². The maximum atomic E-state index is 12.8. The second-order valence-electron chi connectivity index (χ2n) is 5.73. The number of hydrogen-bond acceptors (Lipinski definition) is 2. The molecule has 2 rings (SSSR count). The first-order chi connectivity index (χ1) is 11.4. The van der Waals surface area contributed by atoms with Crippen LogP contribution in [0.15, 0.2) is 48.5 Å². The fraction of sp³-hybridized carbons (Fsp3) is 0.263. The van der Waals surface area contributed by atoms with E-state index in [1.165, 1.54) is 31.2 Å². The van der Waals surface area contributed by atoms with Crippen LogP contribution >= 0.6 is 0 Å². The molecular formula is C19H21FN2O2. The summed E-state index contributed by atoms with van der Waals surface area (Å²) in [4.78, 5) is 25.4. The largest absolute Gasteiger partial charge is 0.338 e. The Morgan fingerprint density at radius 1 is 1.12 bits per heavy atom. The Morgan fingerprint density at radius 2 is 1.83 bits per heavy atom. The van der Waals surface area contributed by atoms with Crippen LogP contribution < -0.4 is 5.32 Å². The van der Waals surface area contributed by atoms with Gasteiger partial charge in [0.25, 0.3) is 0 Å². The summed E-state index contributed by atoms with van der Waals surface area (Å²) in [6.45, 7) is 4.29. The number of hydrogen-bond donors (Lipinski definition) is 1. The van der Waals surface area contributed by atoms with Gasteiger partial charge in [-0.05, 0) is 36.8 Å². The lowest BCUT2D eigenvalue weighted by Crippen LogP contribution is -2.31. The molecule has 0 aliphatic carbocycles. The van der Waals surface area contributed by atoms with Crippen molar-refractivity contribution < 1.29 is 14.0 Å². The molecule has 24 heavy (non-hydrogen) atoms. The van der Waals surface area contributed by atoms with Crippen molar-refractivity contribution in [3.63, 3.8) is 0 Å². The third-order valence-electron chi connectivity index (χ3n) is 3.64. The van der Waals surface area contributed by atoms with E-state index in [-0.39, 0.29) is 24.1 Å². The average molecular weight is 328 g/mol. The molecule has 0 heterocycles. The minimum absolute atomic E-state index is 0.0777. The molecule has 2 amide bonds. The first-order valence-corrected chi connectivity index (χ1v) is 7.80. The Balaban J connectivity index is 1.90. The first kappa shape index (κ1) is 17.7. The first-order valence-electron chi connectivity index (χ1n) is 7.80. The highest BCUT2D eigenvalue weighted by molar-refractivity contribution is 5.91. The Kier molecular flexibility index (Phi) is 6.07. The lowest BCUT2D eigenvalue weighted by atomic mass is 10.1. The SMILES string of the molecule is CC(=O)N(CCC(=O)Nc1ccc(F)cc1)Cc1cccc(C)c1. The van der Waals surface area contributed by atoms with Gasteiger partial charge in [-0.3, -0.25) is 9.59 Å². The van der Waals surface area contributed by atoms with Crippen molar-refractivity contribution in [2.45, 2.75) is 26.8 Å². The zero-order valence-corrected chi connectivity index (χ0v) is 13.9. The monoisotopic (exact) mass is 328 g/mol. The summed E-state index contributed by atoms with van der Waals surface area (Å²) in [6.07, 6.45) is 0.183. The van der Waals surface area contributed by atoms with Gasteiger partial charge in [-0.2, -0.15) is 0 Å². The maximum Gasteiger partial charge on any atom is 0.226 e. The predicted molar refractivity (Wildman–Crippen MR) is 91.9 cm³/mol. The number of halogens is 1. The van der Waals surface area contributed by atoms with Gasteiger partial charge in [0.1, 0.15) is 5.82 Å². The van der Waals surface area contributed by atoms with Crippen LogP contribution in [-0.4, -0.2) is 23.3 Å². The van der Waals surface area contributed by atoms with Gasteiger partial charge in [-0.15, -0.1) is 0 Å². The summed E-state index contributed by atoms with van der Waals surface area (Å²) in [5.41, 5.74) is 2.70. The minimum Gasteiger partial charge on any atom is -0.338 e. The number of rotatable bonds is 6. The van der Waals surface area contributed by atoms with Crippen molar-refractivity contribution in [2.24, 2.45) is 0 Å². The molecule has 0 aliphatic heterocycles. The molecule has 0 atom stereocenters. The molecule has 0 saturated heterocycles. The number of carbonyl (C=O) groups is 2. The van der Waals surface area contributed by atoms with Gasteiger partial charge >= 0.3 is 0 Å². The Bertz CT molecular complexity index is 714. The predicted octanol–water partition coefficient (Wildman–Crippen LogP) is 3.51. The lowest BCUT2D eigenvalue weighted by molar-refractivity contribution is -0.129. The molecule has 0 aromatic heterocycles. The molecule has 4 nitrogen and oxygen atoms in total. The van der Waals surface area contributed by atoms with Crippen LogP contribution in [0.1, 0.15) is 24.5 Å². The zero-order valence-electron chi connectivity index (χ0n) is 13.9. The number of nitrogens with one attached hydrogen (secondary N) is 1. The van der Waals surface area contributed by atoms with Crippen molar-refractivity contribution in [1.82, 2.24) is 4.90 Å². The van der Waals surface area contributed by atoms with Crippen molar-refractivity contribution in [2.75, 3.05) is 11.9 Å². The van der Waals surface area contributed by atoms with Crippen LogP contribution in [0.2, 0.25) is 0 Å². The van der Waals surface area contributed by atoms with Crippen molar-refractivity contribution in [3.05, 3.63) is 65.5 Å². The van der Waals surface area contributed by atoms with Crippen LogP contribution in [-0.2, 0) is 16.1 Å². The quantitative estimate of drug-likeness (QED) is 0.882. The molecule has 0 fully saturated rings. The number of anilines is 1. The normalized spacial score (nSPS) is 10.3. The van der Waals surface area contributed by atoms with E-state index in [2.05, 4.69) is 5.32 Å². The van der Waals surface area contributed by atoms with Gasteiger partial charge in [0.15, 0.2) is 0 Å². The maximum absolute atomic E-state index is 12.8. The topological polar surface area (TPSA) is 49.4 Å². The van der Waals surface area contributed by atoms with Crippen LogP contribution in [0.5, 0.6) is 0 Å². The van der Waals surface area contributed by atoms with Gasteiger partial charge < -0.3 is 10.2 Å². The second kappa shape index (κ2) is 8.24. The highest BCUT2D eigenvalue weighted by Crippen LogP contribution is 2.11. The summed E-state index contributed by atoms with van der Waals surface area (Å²) >= 11 is 0. The van der Waals surface area contributed by atoms with Gasteiger partial charge in [0, 0.05) is 32.1 Å². The van der Waals surface area contributed by atoms with Crippen LogP contribution in [0.4, 0.5) is 10.1 Å².